The number of rotatable bonds is 2. The second-order valence-electron chi connectivity index (χ2n) is 7.27. The van der Waals surface area contributed by atoms with Crippen molar-refractivity contribution in [2.24, 2.45) is 11.7 Å². The van der Waals surface area contributed by atoms with Crippen LogP contribution in [0.25, 0.3) is 0 Å². The van der Waals surface area contributed by atoms with Crippen molar-refractivity contribution in [3.8, 4) is 5.75 Å². The van der Waals surface area contributed by atoms with Crippen molar-refractivity contribution in [2.75, 3.05) is 12.0 Å². The molecule has 156 valence electrons. The molecule has 0 saturated carbocycles. The number of nitrogens with zero attached hydrogens (tertiary/aromatic N) is 1. The Balaban J connectivity index is 1.66. The molecule has 3 atom stereocenters. The highest BCUT2D eigenvalue weighted by Crippen LogP contribution is 2.54. The number of ether oxygens (including phenoxy) is 2. The summed E-state index contributed by atoms with van der Waals surface area (Å²) in [5.74, 6) is -3.51. The summed E-state index contributed by atoms with van der Waals surface area (Å²) < 4.78 is 10.2. The highest BCUT2D eigenvalue weighted by molar-refractivity contribution is 8.04. The van der Waals surface area contributed by atoms with Crippen LogP contribution in [0.4, 0.5) is 5.69 Å². The van der Waals surface area contributed by atoms with Crippen LogP contribution >= 0.6 is 11.8 Å². The lowest BCUT2D eigenvalue weighted by Crippen LogP contribution is -2.39. The predicted molar refractivity (Wildman–Crippen MR) is 111 cm³/mol. The Morgan fingerprint density at radius 3 is 2.55 bits per heavy atom. The SMILES string of the molecule is COC(=O)c1ccccc1N1C(=O)[C@H]2[C@H](SC(N)=C3C(=O)Oc4ccccc4[C@H]32)C1=O. The van der Waals surface area contributed by atoms with Crippen LogP contribution in [0.1, 0.15) is 21.8 Å². The molecule has 5 rings (SSSR count). The molecule has 0 bridgehead atoms. The normalized spacial score (nSPS) is 24.4. The Kier molecular flexibility index (Phi) is 4.37. The molecule has 0 aliphatic carbocycles. The van der Waals surface area contributed by atoms with E-state index in [0.29, 0.717) is 11.3 Å². The van der Waals surface area contributed by atoms with Gasteiger partial charge in [-0.1, -0.05) is 42.1 Å². The van der Waals surface area contributed by atoms with Crippen LogP contribution in [0.5, 0.6) is 5.75 Å². The molecule has 9 heteroatoms. The summed E-state index contributed by atoms with van der Waals surface area (Å²) >= 11 is 0.980. The molecule has 0 aromatic heterocycles. The van der Waals surface area contributed by atoms with Crippen LogP contribution in [0.3, 0.4) is 0 Å². The van der Waals surface area contributed by atoms with Crippen molar-refractivity contribution in [3.63, 3.8) is 0 Å². The summed E-state index contributed by atoms with van der Waals surface area (Å²) in [5.41, 5.74) is 7.23. The monoisotopic (exact) mass is 436 g/mol. The first kappa shape index (κ1) is 19.4. The van der Waals surface area contributed by atoms with Crippen LogP contribution in [0.2, 0.25) is 0 Å². The predicted octanol–water partition coefficient (Wildman–Crippen LogP) is 1.95. The van der Waals surface area contributed by atoms with Gasteiger partial charge in [-0.25, -0.2) is 14.5 Å². The van der Waals surface area contributed by atoms with Gasteiger partial charge in [-0.05, 0) is 18.2 Å². The standard InChI is InChI=1S/C22H16N2O6S/c1-29-21(27)10-6-2-4-8-12(10)24-19(25)15-14-11-7-3-5-9-13(11)30-22(28)16(14)18(23)31-17(15)20(24)26/h2-9,14-15,17H,23H2,1H3/t14-,15+,17-/m0/s1. The maximum absolute atomic E-state index is 13.6. The Labute approximate surface area is 181 Å². The van der Waals surface area contributed by atoms with E-state index in [1.807, 2.05) is 0 Å². The van der Waals surface area contributed by atoms with Gasteiger partial charge in [0.15, 0.2) is 0 Å². The van der Waals surface area contributed by atoms with Crippen molar-refractivity contribution in [3.05, 3.63) is 70.3 Å². The van der Waals surface area contributed by atoms with E-state index in [1.54, 1.807) is 36.4 Å². The van der Waals surface area contributed by atoms with E-state index in [2.05, 4.69) is 0 Å². The number of amides is 2. The maximum atomic E-state index is 13.6. The number of esters is 2. The zero-order chi connectivity index (χ0) is 21.9. The first-order valence-corrected chi connectivity index (χ1v) is 10.3. The number of fused-ring (bicyclic) bond motifs is 5. The minimum absolute atomic E-state index is 0.0972. The van der Waals surface area contributed by atoms with E-state index in [9.17, 15) is 19.2 Å². The van der Waals surface area contributed by atoms with Gasteiger partial charge >= 0.3 is 11.9 Å². The molecular weight excluding hydrogens is 420 g/mol. The number of hydrogen-bond acceptors (Lipinski definition) is 8. The molecule has 1 saturated heterocycles. The molecule has 8 nitrogen and oxygen atoms in total. The molecule has 3 aliphatic rings. The van der Waals surface area contributed by atoms with Crippen molar-refractivity contribution >= 4 is 41.2 Å². The third kappa shape index (κ3) is 2.70. The Morgan fingerprint density at radius 2 is 1.77 bits per heavy atom. The lowest BCUT2D eigenvalue weighted by molar-refractivity contribution is -0.131. The minimum atomic E-state index is -0.862. The fourth-order valence-electron chi connectivity index (χ4n) is 4.39. The van der Waals surface area contributed by atoms with Crippen molar-refractivity contribution in [1.29, 1.82) is 0 Å². The number of methoxy groups -OCH3 is 1. The third-order valence-electron chi connectivity index (χ3n) is 5.71. The molecule has 1 fully saturated rings. The third-order valence-corrected chi connectivity index (χ3v) is 6.93. The quantitative estimate of drug-likeness (QED) is 0.431. The van der Waals surface area contributed by atoms with E-state index in [4.69, 9.17) is 15.2 Å². The number of hydrogen-bond donors (Lipinski definition) is 1. The van der Waals surface area contributed by atoms with E-state index >= 15 is 0 Å². The molecule has 2 N–H and O–H groups in total. The van der Waals surface area contributed by atoms with Crippen molar-refractivity contribution in [2.45, 2.75) is 11.2 Å². The van der Waals surface area contributed by atoms with Crippen molar-refractivity contribution in [1.82, 2.24) is 0 Å². The topological polar surface area (TPSA) is 116 Å². The van der Waals surface area contributed by atoms with Crippen LogP contribution in [0, 0.1) is 5.92 Å². The van der Waals surface area contributed by atoms with Gasteiger partial charge in [0.1, 0.15) is 11.0 Å². The smallest absolute Gasteiger partial charge is 0.342 e. The molecule has 3 aliphatic heterocycles. The number of anilines is 1. The summed E-state index contributed by atoms with van der Waals surface area (Å²) in [5, 5.41) is -0.666. The van der Waals surface area contributed by atoms with Gasteiger partial charge in [0.2, 0.25) is 11.8 Å². The van der Waals surface area contributed by atoms with E-state index in [1.165, 1.54) is 19.2 Å². The molecule has 2 aromatic carbocycles. The number of thioether (sulfide) groups is 1. The first-order chi connectivity index (χ1) is 14.9. The number of imide groups is 1. The zero-order valence-electron chi connectivity index (χ0n) is 16.2. The van der Waals surface area contributed by atoms with Gasteiger partial charge in [-0.15, -0.1) is 0 Å². The first-order valence-electron chi connectivity index (χ1n) is 9.46. The van der Waals surface area contributed by atoms with Crippen LogP contribution in [-0.4, -0.2) is 36.1 Å². The number of carbonyl (C=O) groups is 4. The Bertz CT molecular complexity index is 1210. The molecule has 2 amide bonds. The minimum Gasteiger partial charge on any atom is -0.465 e. The van der Waals surface area contributed by atoms with Crippen molar-refractivity contribution < 1.29 is 28.7 Å². The largest absolute Gasteiger partial charge is 0.465 e. The average Bonchev–Trinajstić information content (AvgIpc) is 3.02. The molecule has 31 heavy (non-hydrogen) atoms. The number of carbonyl (C=O) groups excluding carboxylic acids is 4. The molecule has 0 spiro atoms. The molecule has 0 unspecified atom stereocenters. The summed E-state index contributed by atoms with van der Waals surface area (Å²) in [4.78, 5) is 52.9. The van der Waals surface area contributed by atoms with E-state index in [0.717, 1.165) is 16.7 Å². The van der Waals surface area contributed by atoms with Crippen LogP contribution in [0.15, 0.2) is 59.1 Å². The molecular formula is C22H16N2O6S. The van der Waals surface area contributed by atoms with E-state index in [-0.39, 0.29) is 21.9 Å². The van der Waals surface area contributed by atoms with Gasteiger partial charge in [0.05, 0.1) is 34.9 Å². The molecule has 0 radical (unpaired) electrons. The fourth-order valence-corrected chi connectivity index (χ4v) is 5.63. The number of para-hydroxylation sites is 2. The lowest BCUT2D eigenvalue weighted by Gasteiger charge is -2.36. The zero-order valence-corrected chi connectivity index (χ0v) is 17.0. The maximum Gasteiger partial charge on any atom is 0.342 e. The highest BCUT2D eigenvalue weighted by Gasteiger charge is 2.59. The van der Waals surface area contributed by atoms with Gasteiger partial charge in [-0.3, -0.25) is 9.59 Å². The fraction of sp³-hybridized carbons (Fsp3) is 0.182. The number of nitrogens with two attached hydrogens (primary N) is 1. The second kappa shape index (κ2) is 6.98. The van der Waals surface area contributed by atoms with Gasteiger partial charge in [0, 0.05) is 11.5 Å². The lowest BCUT2D eigenvalue weighted by atomic mass is 9.77. The Hall–Kier alpha value is -3.59. The summed E-state index contributed by atoms with van der Waals surface area (Å²) in [6.07, 6.45) is 0. The molecule has 3 heterocycles. The second-order valence-corrected chi connectivity index (χ2v) is 8.45. The Morgan fingerprint density at radius 1 is 1.06 bits per heavy atom. The van der Waals surface area contributed by atoms with E-state index < -0.39 is 40.8 Å². The highest BCUT2D eigenvalue weighted by atomic mass is 32.2. The van der Waals surface area contributed by atoms with Crippen LogP contribution in [-0.2, 0) is 19.1 Å². The average molecular weight is 436 g/mol. The van der Waals surface area contributed by atoms with Gasteiger partial charge in [-0.2, -0.15) is 0 Å². The summed E-state index contributed by atoms with van der Waals surface area (Å²) in [6.45, 7) is 0. The summed E-state index contributed by atoms with van der Waals surface area (Å²) in [6, 6.07) is 13.1. The van der Waals surface area contributed by atoms with Crippen LogP contribution < -0.4 is 15.4 Å². The molecule has 2 aromatic rings. The van der Waals surface area contributed by atoms with Gasteiger partial charge in [0.25, 0.3) is 0 Å². The number of benzene rings is 2. The van der Waals surface area contributed by atoms with Gasteiger partial charge < -0.3 is 15.2 Å². The summed E-state index contributed by atoms with van der Waals surface area (Å²) in [7, 11) is 1.23.